The topological polar surface area (TPSA) is 32.6 Å². The number of hydrogen-bond donors (Lipinski definition) is 1. The minimum Gasteiger partial charge on any atom is -1.00 e. The summed E-state index contributed by atoms with van der Waals surface area (Å²) in [6.07, 6.45) is 3.65. The van der Waals surface area contributed by atoms with Gasteiger partial charge in [-0.1, -0.05) is 16.3 Å². The predicted molar refractivity (Wildman–Crippen MR) is 49.2 cm³/mol. The van der Waals surface area contributed by atoms with Gasteiger partial charge in [-0.2, -0.15) is 0 Å². The van der Waals surface area contributed by atoms with E-state index >= 15 is 0 Å². The van der Waals surface area contributed by atoms with Gasteiger partial charge in [0, 0.05) is 0 Å². The van der Waals surface area contributed by atoms with E-state index in [4.69, 9.17) is 5.21 Å². The van der Waals surface area contributed by atoms with Gasteiger partial charge in [0.2, 0.25) is 0 Å². The Morgan fingerprint density at radius 2 is 1.42 bits per heavy atom. The standard InChI is InChI=1S/C9H15NO.Na.H/c1-7(2)5-9(10-11)6-8(3)4;;/h5-6,11H,1-4H3;;/q;+1;-1. The Hall–Kier alpha value is -0.0500. The van der Waals surface area contributed by atoms with Crippen molar-refractivity contribution in [3.8, 4) is 0 Å². The third-order valence-corrected chi connectivity index (χ3v) is 0.989. The first-order valence-corrected chi connectivity index (χ1v) is 3.58. The van der Waals surface area contributed by atoms with Crippen LogP contribution in [-0.2, 0) is 0 Å². The molecule has 0 aliphatic heterocycles. The summed E-state index contributed by atoms with van der Waals surface area (Å²) in [6, 6.07) is 0. The Bertz CT molecular complexity index is 194. The first kappa shape index (κ1) is 14.5. The summed E-state index contributed by atoms with van der Waals surface area (Å²) in [4.78, 5) is 0. The van der Waals surface area contributed by atoms with Gasteiger partial charge in [-0.05, 0) is 39.8 Å². The molecule has 64 valence electrons. The van der Waals surface area contributed by atoms with Crippen molar-refractivity contribution >= 4 is 5.71 Å². The zero-order valence-corrected chi connectivity index (χ0v) is 10.5. The van der Waals surface area contributed by atoms with Gasteiger partial charge in [-0.25, -0.2) is 0 Å². The van der Waals surface area contributed by atoms with Crippen LogP contribution in [0.4, 0.5) is 0 Å². The van der Waals surface area contributed by atoms with Crippen LogP contribution in [0, 0.1) is 0 Å². The first-order valence-electron chi connectivity index (χ1n) is 3.58. The van der Waals surface area contributed by atoms with Crippen LogP contribution in [0.3, 0.4) is 0 Å². The quantitative estimate of drug-likeness (QED) is 0.271. The number of allylic oxidation sites excluding steroid dienone is 4. The van der Waals surface area contributed by atoms with E-state index in [1.165, 1.54) is 0 Å². The second kappa shape index (κ2) is 7.59. The van der Waals surface area contributed by atoms with E-state index in [1.807, 2.05) is 39.8 Å². The summed E-state index contributed by atoms with van der Waals surface area (Å²) in [6.45, 7) is 7.85. The van der Waals surface area contributed by atoms with Crippen molar-refractivity contribution < 1.29 is 36.2 Å². The number of hydrogen-bond acceptors (Lipinski definition) is 2. The van der Waals surface area contributed by atoms with Crippen molar-refractivity contribution in [3.63, 3.8) is 0 Å². The molecule has 0 bridgehead atoms. The predicted octanol–water partition coefficient (Wildman–Crippen LogP) is -0.135. The molecule has 0 unspecified atom stereocenters. The fraction of sp³-hybridized carbons (Fsp3) is 0.444. The molecular weight excluding hydrogens is 161 g/mol. The molecule has 0 aromatic heterocycles. The van der Waals surface area contributed by atoms with E-state index in [1.54, 1.807) is 0 Å². The van der Waals surface area contributed by atoms with Crippen LogP contribution in [0.15, 0.2) is 28.5 Å². The van der Waals surface area contributed by atoms with Gasteiger partial charge in [0.15, 0.2) is 0 Å². The molecule has 0 fully saturated rings. The smallest absolute Gasteiger partial charge is 1.00 e. The van der Waals surface area contributed by atoms with Gasteiger partial charge in [0.25, 0.3) is 0 Å². The van der Waals surface area contributed by atoms with Crippen LogP contribution in [0.5, 0.6) is 0 Å². The Balaban J connectivity index is -0.000000500. The molecule has 0 spiro atoms. The van der Waals surface area contributed by atoms with Gasteiger partial charge in [-0.15, -0.1) is 0 Å². The molecule has 0 atom stereocenters. The second-order valence-electron chi connectivity index (χ2n) is 2.97. The van der Waals surface area contributed by atoms with Gasteiger partial charge in [0.1, 0.15) is 5.71 Å². The molecule has 3 heteroatoms. The van der Waals surface area contributed by atoms with Gasteiger partial charge in [0.05, 0.1) is 0 Å². The molecule has 0 rings (SSSR count). The molecule has 1 N–H and O–H groups in total. The normalized spacial score (nSPS) is 7.67. The van der Waals surface area contributed by atoms with Crippen LogP contribution in [0.1, 0.15) is 29.1 Å². The fourth-order valence-electron chi connectivity index (χ4n) is 0.691. The van der Waals surface area contributed by atoms with Gasteiger partial charge >= 0.3 is 29.6 Å². The third-order valence-electron chi connectivity index (χ3n) is 0.989. The van der Waals surface area contributed by atoms with Crippen molar-refractivity contribution in [3.05, 3.63) is 23.3 Å². The number of nitrogens with zero attached hydrogens (tertiary/aromatic N) is 1. The van der Waals surface area contributed by atoms with E-state index < -0.39 is 0 Å². The Kier molecular flexibility index (Phi) is 9.16. The van der Waals surface area contributed by atoms with Gasteiger partial charge in [-0.3, -0.25) is 0 Å². The maximum atomic E-state index is 8.52. The Labute approximate surface area is 97.8 Å². The number of rotatable bonds is 2. The summed E-state index contributed by atoms with van der Waals surface area (Å²) in [5.74, 6) is 0. The van der Waals surface area contributed by atoms with E-state index in [0.717, 1.165) is 11.1 Å². The summed E-state index contributed by atoms with van der Waals surface area (Å²) in [7, 11) is 0. The molecular formula is C9H16NNaO. The van der Waals surface area contributed by atoms with E-state index in [2.05, 4.69) is 5.16 Å². The van der Waals surface area contributed by atoms with Crippen LogP contribution >= 0.6 is 0 Å². The van der Waals surface area contributed by atoms with Crippen LogP contribution in [0.25, 0.3) is 0 Å². The Morgan fingerprint density at radius 3 is 1.58 bits per heavy atom. The van der Waals surface area contributed by atoms with E-state index in [9.17, 15) is 0 Å². The largest absolute Gasteiger partial charge is 1.00 e. The summed E-state index contributed by atoms with van der Waals surface area (Å²) in [5, 5.41) is 11.7. The molecule has 0 aliphatic rings. The summed E-state index contributed by atoms with van der Waals surface area (Å²) >= 11 is 0. The minimum absolute atomic E-state index is 0. The molecule has 0 radical (unpaired) electrons. The Morgan fingerprint density at radius 1 is 1.08 bits per heavy atom. The van der Waals surface area contributed by atoms with Crippen molar-refractivity contribution in [1.82, 2.24) is 0 Å². The molecule has 0 aromatic rings. The zero-order chi connectivity index (χ0) is 8.85. The molecule has 0 aliphatic carbocycles. The van der Waals surface area contributed by atoms with E-state index in [-0.39, 0.29) is 31.0 Å². The van der Waals surface area contributed by atoms with Gasteiger partial charge < -0.3 is 6.63 Å². The second-order valence-corrected chi connectivity index (χ2v) is 2.97. The maximum absolute atomic E-state index is 8.52. The van der Waals surface area contributed by atoms with Crippen molar-refractivity contribution in [2.75, 3.05) is 0 Å². The van der Waals surface area contributed by atoms with Crippen molar-refractivity contribution in [1.29, 1.82) is 0 Å². The fourth-order valence-corrected chi connectivity index (χ4v) is 0.691. The van der Waals surface area contributed by atoms with Crippen LogP contribution < -0.4 is 29.6 Å². The molecule has 0 heterocycles. The number of oxime groups is 1. The third kappa shape index (κ3) is 8.05. The van der Waals surface area contributed by atoms with E-state index in [0.29, 0.717) is 5.71 Å². The molecule has 2 nitrogen and oxygen atoms in total. The van der Waals surface area contributed by atoms with Crippen LogP contribution in [-0.4, -0.2) is 10.9 Å². The summed E-state index contributed by atoms with van der Waals surface area (Å²) < 4.78 is 0. The monoisotopic (exact) mass is 177 g/mol. The average Bonchev–Trinajstić information content (AvgIpc) is 1.84. The SMILES string of the molecule is CC(C)=CC(C=C(C)C)=NO.[H-].[Na+]. The van der Waals surface area contributed by atoms with Crippen molar-refractivity contribution in [2.45, 2.75) is 27.7 Å². The minimum atomic E-state index is 0. The van der Waals surface area contributed by atoms with Crippen molar-refractivity contribution in [2.24, 2.45) is 5.16 Å². The first-order chi connectivity index (χ1) is 5.06. The maximum Gasteiger partial charge on any atom is 1.00 e. The molecule has 12 heavy (non-hydrogen) atoms. The van der Waals surface area contributed by atoms with Crippen LogP contribution in [0.2, 0.25) is 0 Å². The zero-order valence-electron chi connectivity index (χ0n) is 9.55. The summed E-state index contributed by atoms with van der Waals surface area (Å²) in [5.41, 5.74) is 2.84. The molecule has 0 aromatic carbocycles. The average molecular weight is 177 g/mol. The molecule has 0 amide bonds. The molecule has 0 saturated heterocycles. The molecule has 0 saturated carbocycles.